The molecule has 7 heteroatoms. The van der Waals surface area contributed by atoms with Crippen molar-refractivity contribution in [2.75, 3.05) is 20.1 Å². The summed E-state index contributed by atoms with van der Waals surface area (Å²) in [7, 11) is 2.18. The van der Waals surface area contributed by atoms with Crippen LogP contribution in [0.5, 0.6) is 0 Å². The van der Waals surface area contributed by atoms with E-state index in [1.165, 1.54) is 41.5 Å². The molecule has 3 aromatic rings. The molecule has 2 aromatic heterocycles. The van der Waals surface area contributed by atoms with Gasteiger partial charge in [0.05, 0.1) is 18.1 Å². The molecule has 1 aliphatic rings. The van der Waals surface area contributed by atoms with E-state index < -0.39 is 0 Å². The standard InChI is InChI=1S/C18H26N4.C5H7N3/c1-13-6-7-18-15(9-13)10-17(21-18)11-19-14(2)20-16-5-4-8-22(3)12-16;1-3-5-4(2)6-8-7-5/h6-7,9-10,16,19-21H,2,4-5,8,11-12H2,1,3H3;3H,1H2,2H3,(H,6,7,8). The van der Waals surface area contributed by atoms with Gasteiger partial charge in [0.15, 0.2) is 0 Å². The number of nitrogens with one attached hydrogen (secondary N) is 4. The Morgan fingerprint density at radius 2 is 2.13 bits per heavy atom. The van der Waals surface area contributed by atoms with Gasteiger partial charge >= 0.3 is 0 Å². The predicted octanol–water partition coefficient (Wildman–Crippen LogP) is 3.48. The van der Waals surface area contributed by atoms with E-state index in [4.69, 9.17) is 0 Å². The molecule has 0 bridgehead atoms. The quantitative estimate of drug-likeness (QED) is 0.503. The van der Waals surface area contributed by atoms with Gasteiger partial charge in [-0.1, -0.05) is 24.8 Å². The second-order valence-corrected chi connectivity index (χ2v) is 7.96. The summed E-state index contributed by atoms with van der Waals surface area (Å²) in [4.78, 5) is 5.82. The summed E-state index contributed by atoms with van der Waals surface area (Å²) >= 11 is 0. The lowest BCUT2D eigenvalue weighted by Crippen LogP contribution is -2.45. The van der Waals surface area contributed by atoms with Crippen molar-refractivity contribution in [1.82, 2.24) is 35.9 Å². The number of aromatic amines is 2. The number of likely N-dealkylation sites (N-methyl/N-ethyl adjacent to an activating group) is 1. The Morgan fingerprint density at radius 3 is 2.80 bits per heavy atom. The summed E-state index contributed by atoms with van der Waals surface area (Å²) in [6.45, 7) is 14.7. The molecule has 4 rings (SSSR count). The fraction of sp³-hybridized carbons (Fsp3) is 0.391. The van der Waals surface area contributed by atoms with Gasteiger partial charge in [0.1, 0.15) is 5.69 Å². The van der Waals surface area contributed by atoms with E-state index in [2.05, 4.69) is 87.3 Å². The Morgan fingerprint density at radius 1 is 1.30 bits per heavy atom. The third kappa shape index (κ3) is 5.97. The molecule has 30 heavy (non-hydrogen) atoms. The average Bonchev–Trinajstić information content (AvgIpc) is 3.31. The predicted molar refractivity (Wildman–Crippen MR) is 124 cm³/mol. The van der Waals surface area contributed by atoms with Crippen LogP contribution in [0.3, 0.4) is 0 Å². The molecular weight excluding hydrogens is 374 g/mol. The van der Waals surface area contributed by atoms with Gasteiger partial charge in [-0.25, -0.2) is 0 Å². The molecule has 0 aliphatic carbocycles. The minimum atomic E-state index is 0.504. The third-order valence-electron chi connectivity index (χ3n) is 5.28. The minimum absolute atomic E-state index is 0.504. The molecule has 1 atom stereocenters. The van der Waals surface area contributed by atoms with Gasteiger partial charge < -0.3 is 20.5 Å². The van der Waals surface area contributed by atoms with E-state index in [1.807, 2.05) is 6.92 Å². The van der Waals surface area contributed by atoms with Gasteiger partial charge in [0.2, 0.25) is 0 Å². The number of piperidine rings is 1. The Bertz CT molecular complexity index is 985. The summed E-state index contributed by atoms with van der Waals surface area (Å²) in [5.74, 6) is 0.912. The highest BCUT2D eigenvalue weighted by Gasteiger charge is 2.16. The minimum Gasteiger partial charge on any atom is -0.368 e. The van der Waals surface area contributed by atoms with E-state index in [0.717, 1.165) is 30.3 Å². The molecule has 3 heterocycles. The number of H-pyrrole nitrogens is 2. The maximum absolute atomic E-state index is 4.10. The normalized spacial score (nSPS) is 16.6. The van der Waals surface area contributed by atoms with Gasteiger partial charge in [-0.3, -0.25) is 0 Å². The van der Waals surface area contributed by atoms with Crippen molar-refractivity contribution < 1.29 is 0 Å². The zero-order chi connectivity index (χ0) is 21.5. The lowest BCUT2D eigenvalue weighted by atomic mass is 10.1. The summed E-state index contributed by atoms with van der Waals surface area (Å²) < 4.78 is 0. The third-order valence-corrected chi connectivity index (χ3v) is 5.28. The maximum atomic E-state index is 4.10. The zero-order valence-corrected chi connectivity index (χ0v) is 18.3. The van der Waals surface area contributed by atoms with Crippen LogP contribution in [0.1, 0.15) is 35.5 Å². The van der Waals surface area contributed by atoms with Crippen LogP contribution in [0.25, 0.3) is 17.0 Å². The highest BCUT2D eigenvalue weighted by Crippen LogP contribution is 2.17. The number of nitrogens with zero attached hydrogens (tertiary/aromatic N) is 3. The number of hydrogen-bond acceptors (Lipinski definition) is 5. The van der Waals surface area contributed by atoms with Crippen LogP contribution in [0.15, 0.2) is 43.2 Å². The maximum Gasteiger partial charge on any atom is 0.107 e. The highest BCUT2D eigenvalue weighted by molar-refractivity contribution is 5.81. The lowest BCUT2D eigenvalue weighted by molar-refractivity contribution is 0.233. The molecular formula is C23H33N7. The monoisotopic (exact) mass is 407 g/mol. The van der Waals surface area contributed by atoms with E-state index in [-0.39, 0.29) is 0 Å². The van der Waals surface area contributed by atoms with Crippen LogP contribution in [-0.4, -0.2) is 51.5 Å². The van der Waals surface area contributed by atoms with Gasteiger partial charge in [0.25, 0.3) is 0 Å². The number of benzene rings is 1. The fourth-order valence-electron chi connectivity index (χ4n) is 3.68. The van der Waals surface area contributed by atoms with Gasteiger partial charge in [-0.15, -0.1) is 0 Å². The van der Waals surface area contributed by atoms with Crippen LogP contribution >= 0.6 is 0 Å². The van der Waals surface area contributed by atoms with Crippen LogP contribution in [0, 0.1) is 13.8 Å². The van der Waals surface area contributed by atoms with Gasteiger partial charge in [-0.2, -0.15) is 15.4 Å². The van der Waals surface area contributed by atoms with Crippen molar-refractivity contribution in [3.63, 3.8) is 0 Å². The highest BCUT2D eigenvalue weighted by atomic mass is 15.3. The lowest BCUT2D eigenvalue weighted by Gasteiger charge is -2.31. The molecule has 1 unspecified atom stereocenters. The first-order chi connectivity index (χ1) is 14.4. The Hall–Kier alpha value is -3.06. The van der Waals surface area contributed by atoms with Crippen molar-refractivity contribution in [3.05, 3.63) is 65.9 Å². The summed E-state index contributed by atoms with van der Waals surface area (Å²) in [6.07, 6.45) is 4.14. The smallest absolute Gasteiger partial charge is 0.107 e. The summed E-state index contributed by atoms with van der Waals surface area (Å²) in [5.41, 5.74) is 5.38. The van der Waals surface area contributed by atoms with Crippen molar-refractivity contribution in [3.8, 4) is 0 Å². The van der Waals surface area contributed by atoms with Crippen LogP contribution < -0.4 is 10.6 Å². The molecule has 1 aliphatic heterocycles. The number of hydrogen-bond donors (Lipinski definition) is 4. The molecule has 0 spiro atoms. The molecule has 160 valence electrons. The Labute approximate surface area is 178 Å². The topological polar surface area (TPSA) is 84.7 Å². The Balaban J connectivity index is 0.000000269. The largest absolute Gasteiger partial charge is 0.368 e. The SMILES string of the molecule is C=C(NCc1cc2cc(C)ccc2[nH]1)NC1CCCN(C)C1.C=Cc1n[nH]nc1C. The summed E-state index contributed by atoms with van der Waals surface area (Å²) in [6, 6.07) is 9.19. The second kappa shape index (κ2) is 10.1. The average molecular weight is 408 g/mol. The van der Waals surface area contributed by atoms with E-state index >= 15 is 0 Å². The van der Waals surface area contributed by atoms with Crippen LogP contribution in [-0.2, 0) is 6.54 Å². The van der Waals surface area contributed by atoms with E-state index in [1.54, 1.807) is 6.08 Å². The van der Waals surface area contributed by atoms with Gasteiger partial charge in [0, 0.05) is 23.8 Å². The molecule has 1 aromatic carbocycles. The number of aryl methyl sites for hydroxylation is 2. The molecule has 7 nitrogen and oxygen atoms in total. The first-order valence-electron chi connectivity index (χ1n) is 10.4. The molecule has 1 fully saturated rings. The second-order valence-electron chi connectivity index (χ2n) is 7.96. The van der Waals surface area contributed by atoms with Crippen molar-refractivity contribution in [2.45, 2.75) is 39.3 Å². The number of likely N-dealkylation sites (tertiary alicyclic amines) is 1. The van der Waals surface area contributed by atoms with Crippen molar-refractivity contribution in [1.29, 1.82) is 0 Å². The van der Waals surface area contributed by atoms with Crippen LogP contribution in [0.4, 0.5) is 0 Å². The molecule has 0 radical (unpaired) electrons. The summed E-state index contributed by atoms with van der Waals surface area (Å²) in [5, 5.41) is 18.2. The zero-order valence-electron chi connectivity index (χ0n) is 18.3. The fourth-order valence-corrected chi connectivity index (χ4v) is 3.68. The molecule has 0 saturated carbocycles. The van der Waals surface area contributed by atoms with E-state index in [9.17, 15) is 0 Å². The molecule has 1 saturated heterocycles. The number of fused-ring (bicyclic) bond motifs is 1. The first kappa shape index (κ1) is 21.6. The first-order valence-corrected chi connectivity index (χ1v) is 10.4. The van der Waals surface area contributed by atoms with Gasteiger partial charge in [-0.05, 0) is 69.9 Å². The Kier molecular flexibility index (Phi) is 7.30. The number of aromatic nitrogens is 4. The van der Waals surface area contributed by atoms with Crippen molar-refractivity contribution >= 4 is 17.0 Å². The van der Waals surface area contributed by atoms with Crippen LogP contribution in [0.2, 0.25) is 0 Å². The van der Waals surface area contributed by atoms with Crippen molar-refractivity contribution in [2.24, 2.45) is 0 Å². The molecule has 4 N–H and O–H groups in total. The van der Waals surface area contributed by atoms with E-state index in [0.29, 0.717) is 6.04 Å². The molecule has 0 amide bonds. The number of rotatable bonds is 6.